The van der Waals surface area contributed by atoms with E-state index in [0.717, 1.165) is 47.2 Å². The zero-order valence-electron chi connectivity index (χ0n) is 23.1. The largest absolute Gasteiger partial charge is 0.497 e. The molecule has 2 heterocycles. The molecule has 1 aliphatic rings. The second kappa shape index (κ2) is 12.6. The van der Waals surface area contributed by atoms with E-state index in [4.69, 9.17) is 4.74 Å². The highest BCUT2D eigenvalue weighted by Crippen LogP contribution is 2.41. The molecule has 40 heavy (non-hydrogen) atoms. The number of aryl methyl sites for hydroxylation is 1. The van der Waals surface area contributed by atoms with E-state index in [1.165, 1.54) is 0 Å². The number of aromatic nitrogens is 1. The summed E-state index contributed by atoms with van der Waals surface area (Å²) >= 11 is 0. The number of rotatable bonds is 9. The monoisotopic (exact) mass is 553 g/mol. The maximum Gasteiger partial charge on any atom is 0.303 e. The van der Waals surface area contributed by atoms with Gasteiger partial charge in [0.2, 0.25) is 0 Å². The molecule has 0 radical (unpaired) electrons. The molecule has 212 valence electrons. The molecule has 0 amide bonds. The number of carbonyl (C=O) groups is 1. The van der Waals surface area contributed by atoms with Crippen molar-refractivity contribution < 1.29 is 27.8 Å². The molecule has 0 bridgehead atoms. The number of aliphatic carboxylic acids is 1. The summed E-state index contributed by atoms with van der Waals surface area (Å²) in [6.45, 7) is 1.56. The SMILES string of the molecule is COc1ccc2ncc(N(C)C)c(CCCC3(CC(=O)O)CCN(CC#Cc4c(F)cc(F)cc4F)CC3)c2c1. The Bertz CT molecular complexity index is 1420. The van der Waals surface area contributed by atoms with Gasteiger partial charge in [0.05, 0.1) is 43.0 Å². The Labute approximate surface area is 232 Å². The van der Waals surface area contributed by atoms with Gasteiger partial charge >= 0.3 is 5.97 Å². The maximum absolute atomic E-state index is 13.9. The summed E-state index contributed by atoms with van der Waals surface area (Å²) in [5, 5.41) is 10.7. The molecule has 6 nitrogen and oxygen atoms in total. The van der Waals surface area contributed by atoms with E-state index in [1.54, 1.807) is 7.11 Å². The van der Waals surface area contributed by atoms with Crippen LogP contribution in [-0.4, -0.2) is 61.8 Å². The number of nitrogens with zero attached hydrogens (tertiary/aromatic N) is 3. The van der Waals surface area contributed by atoms with Crippen LogP contribution in [0.25, 0.3) is 10.9 Å². The standard InChI is InChI=1S/C31H34F3N3O3/c1-36(2)29-20-35-28-9-8-22(40-3)18-25(28)23(29)6-4-10-31(19-30(38)39)11-14-37(15-12-31)13-5-7-24-26(33)16-21(32)17-27(24)34/h8-9,16-18,20H,4,6,10-15,19H2,1-3H3,(H,38,39). The van der Waals surface area contributed by atoms with Gasteiger partial charge in [-0.15, -0.1) is 0 Å². The van der Waals surface area contributed by atoms with Crippen LogP contribution in [0.3, 0.4) is 0 Å². The average Bonchev–Trinajstić information content (AvgIpc) is 2.90. The van der Waals surface area contributed by atoms with Crippen LogP contribution in [0, 0.1) is 34.7 Å². The van der Waals surface area contributed by atoms with Crippen LogP contribution in [0.15, 0.2) is 36.5 Å². The second-order valence-corrected chi connectivity index (χ2v) is 10.6. The number of ether oxygens (including phenoxy) is 1. The number of carboxylic acid groups (broad SMARTS) is 1. The number of benzene rings is 2. The number of carboxylic acids is 1. The normalized spacial score (nSPS) is 14.9. The minimum atomic E-state index is -1.03. The highest BCUT2D eigenvalue weighted by Gasteiger charge is 2.36. The summed E-state index contributed by atoms with van der Waals surface area (Å²) in [5.41, 5.74) is 2.28. The Morgan fingerprint density at radius 3 is 2.48 bits per heavy atom. The first-order valence-electron chi connectivity index (χ1n) is 13.3. The van der Waals surface area contributed by atoms with E-state index in [2.05, 4.69) is 21.7 Å². The van der Waals surface area contributed by atoms with E-state index in [-0.39, 0.29) is 18.4 Å². The summed E-state index contributed by atoms with van der Waals surface area (Å²) in [4.78, 5) is 20.5. The number of anilines is 1. The second-order valence-electron chi connectivity index (χ2n) is 10.6. The number of pyridine rings is 1. The van der Waals surface area contributed by atoms with Gasteiger partial charge in [-0.3, -0.25) is 14.7 Å². The third kappa shape index (κ3) is 6.86. The zero-order valence-corrected chi connectivity index (χ0v) is 23.1. The molecule has 3 aromatic rings. The van der Waals surface area contributed by atoms with E-state index in [9.17, 15) is 23.1 Å². The van der Waals surface area contributed by atoms with Crippen LogP contribution in [0.5, 0.6) is 5.75 Å². The number of hydrogen-bond donors (Lipinski definition) is 1. The molecule has 1 aliphatic heterocycles. The third-order valence-corrected chi connectivity index (χ3v) is 7.75. The summed E-state index contributed by atoms with van der Waals surface area (Å²) < 4.78 is 46.3. The molecular weight excluding hydrogens is 519 g/mol. The first-order valence-corrected chi connectivity index (χ1v) is 13.3. The summed E-state index contributed by atoms with van der Waals surface area (Å²) in [5.74, 6) is 2.17. The minimum Gasteiger partial charge on any atom is -0.497 e. The summed E-state index contributed by atoms with van der Waals surface area (Å²) in [6, 6.07) is 7.06. The molecule has 1 saturated heterocycles. The van der Waals surface area contributed by atoms with Gasteiger partial charge in [0.25, 0.3) is 0 Å². The lowest BCUT2D eigenvalue weighted by Crippen LogP contribution is -2.41. The molecule has 0 spiro atoms. The number of fused-ring (bicyclic) bond motifs is 1. The number of piperidine rings is 1. The number of likely N-dealkylation sites (tertiary alicyclic amines) is 1. The van der Waals surface area contributed by atoms with Gasteiger partial charge in [0.1, 0.15) is 23.2 Å². The topological polar surface area (TPSA) is 65.9 Å². The van der Waals surface area contributed by atoms with Gasteiger partial charge in [-0.1, -0.05) is 11.8 Å². The average molecular weight is 554 g/mol. The Morgan fingerprint density at radius 1 is 1.15 bits per heavy atom. The van der Waals surface area contributed by atoms with E-state index in [0.29, 0.717) is 38.1 Å². The van der Waals surface area contributed by atoms with Crippen molar-refractivity contribution in [1.82, 2.24) is 9.88 Å². The molecule has 4 rings (SSSR count). The predicted octanol–water partition coefficient (Wildman–Crippen LogP) is 5.66. The van der Waals surface area contributed by atoms with Crippen molar-refractivity contribution in [2.45, 2.75) is 38.5 Å². The first kappa shape index (κ1) is 29.2. The zero-order chi connectivity index (χ0) is 28.9. The third-order valence-electron chi connectivity index (χ3n) is 7.75. The van der Waals surface area contributed by atoms with E-state index in [1.807, 2.05) is 43.4 Å². The molecule has 0 atom stereocenters. The fourth-order valence-electron chi connectivity index (χ4n) is 5.55. The molecule has 0 unspecified atom stereocenters. The smallest absolute Gasteiger partial charge is 0.303 e. The van der Waals surface area contributed by atoms with Crippen LogP contribution in [0.4, 0.5) is 18.9 Å². The predicted molar refractivity (Wildman–Crippen MR) is 149 cm³/mol. The summed E-state index contributed by atoms with van der Waals surface area (Å²) in [6.07, 6.45) is 5.67. The molecular formula is C31H34F3N3O3. The van der Waals surface area contributed by atoms with Crippen molar-refractivity contribution in [3.63, 3.8) is 0 Å². The lowest BCUT2D eigenvalue weighted by atomic mass is 9.72. The number of hydrogen-bond acceptors (Lipinski definition) is 5. The van der Waals surface area contributed by atoms with E-state index >= 15 is 0 Å². The molecule has 1 fully saturated rings. The molecule has 2 aromatic carbocycles. The van der Waals surface area contributed by atoms with Crippen LogP contribution in [-0.2, 0) is 11.2 Å². The van der Waals surface area contributed by atoms with E-state index < -0.39 is 29.0 Å². The van der Waals surface area contributed by atoms with Gasteiger partial charge in [-0.05, 0) is 74.4 Å². The lowest BCUT2D eigenvalue weighted by molar-refractivity contribution is -0.140. The van der Waals surface area contributed by atoms with Crippen LogP contribution < -0.4 is 9.64 Å². The maximum atomic E-state index is 13.9. The number of halogens is 3. The van der Waals surface area contributed by atoms with Gasteiger partial charge in [-0.2, -0.15) is 0 Å². The lowest BCUT2D eigenvalue weighted by Gasteiger charge is -2.41. The minimum absolute atomic E-state index is 0.0873. The molecule has 1 N–H and O–H groups in total. The van der Waals surface area contributed by atoms with Crippen LogP contribution >= 0.6 is 0 Å². The highest BCUT2D eigenvalue weighted by atomic mass is 19.1. The van der Waals surface area contributed by atoms with Crippen molar-refractivity contribution in [3.05, 3.63) is 65.1 Å². The fraction of sp³-hybridized carbons (Fsp3) is 0.419. The molecule has 1 aromatic heterocycles. The Hall–Kier alpha value is -3.77. The van der Waals surface area contributed by atoms with Crippen molar-refractivity contribution in [3.8, 4) is 17.6 Å². The van der Waals surface area contributed by atoms with Crippen molar-refractivity contribution in [1.29, 1.82) is 0 Å². The quantitative estimate of drug-likeness (QED) is 0.345. The van der Waals surface area contributed by atoms with Crippen molar-refractivity contribution >= 4 is 22.6 Å². The van der Waals surface area contributed by atoms with Crippen molar-refractivity contribution in [2.24, 2.45) is 5.41 Å². The van der Waals surface area contributed by atoms with Crippen molar-refractivity contribution in [2.75, 3.05) is 45.7 Å². The Morgan fingerprint density at radius 2 is 1.85 bits per heavy atom. The van der Waals surface area contributed by atoms with Gasteiger partial charge in [-0.25, -0.2) is 13.2 Å². The first-order chi connectivity index (χ1) is 19.1. The fourth-order valence-corrected chi connectivity index (χ4v) is 5.55. The van der Waals surface area contributed by atoms with Crippen LogP contribution in [0.1, 0.15) is 43.2 Å². The summed E-state index contributed by atoms with van der Waals surface area (Å²) in [7, 11) is 5.60. The van der Waals surface area contributed by atoms with Gasteiger partial charge < -0.3 is 14.7 Å². The van der Waals surface area contributed by atoms with Gasteiger partial charge in [0.15, 0.2) is 0 Å². The Balaban J connectivity index is 1.44. The highest BCUT2D eigenvalue weighted by molar-refractivity contribution is 5.88. The molecule has 0 saturated carbocycles. The van der Waals surface area contributed by atoms with Gasteiger partial charge in [0, 0.05) is 31.6 Å². The molecule has 0 aliphatic carbocycles. The number of methoxy groups -OCH3 is 1. The Kier molecular flexibility index (Phi) is 9.21. The molecule has 9 heteroatoms. The van der Waals surface area contributed by atoms with Crippen LogP contribution in [0.2, 0.25) is 0 Å².